The Labute approximate surface area is 103 Å². The molecule has 1 rings (SSSR count). The van der Waals surface area contributed by atoms with Gasteiger partial charge in [-0.15, -0.1) is 0 Å². The molecule has 0 fully saturated rings. The Kier molecular flexibility index (Phi) is 3.98. The van der Waals surface area contributed by atoms with Crippen LogP contribution >= 0.6 is 0 Å². The van der Waals surface area contributed by atoms with Gasteiger partial charge >= 0.3 is 5.97 Å². The van der Waals surface area contributed by atoms with Crippen LogP contribution in [0.1, 0.15) is 27.8 Å². The summed E-state index contributed by atoms with van der Waals surface area (Å²) in [6.07, 6.45) is 1.18. The van der Waals surface area contributed by atoms with Crippen molar-refractivity contribution in [1.82, 2.24) is 9.88 Å². The second-order valence-electron chi connectivity index (χ2n) is 3.73. The molecule has 3 N–H and O–H groups in total. The van der Waals surface area contributed by atoms with Gasteiger partial charge in [-0.05, 0) is 19.1 Å². The average Bonchev–Trinajstić information content (AvgIpc) is 2.36. The maximum atomic E-state index is 11.9. The van der Waals surface area contributed by atoms with Gasteiger partial charge in [-0.3, -0.25) is 14.6 Å². The molecule has 0 aliphatic carbocycles. The van der Waals surface area contributed by atoms with E-state index in [2.05, 4.69) is 4.98 Å². The van der Waals surface area contributed by atoms with E-state index in [9.17, 15) is 14.4 Å². The Bertz CT molecular complexity index is 484. The molecule has 7 nitrogen and oxygen atoms in total. The minimum Gasteiger partial charge on any atom is -0.480 e. The number of likely N-dealkylation sites (N-methyl/N-ethyl adjacent to an activating group) is 1. The minimum atomic E-state index is -1.11. The summed E-state index contributed by atoms with van der Waals surface area (Å²) in [5.74, 6) is -2.30. The summed E-state index contributed by atoms with van der Waals surface area (Å²) in [5, 5.41) is 8.79. The summed E-state index contributed by atoms with van der Waals surface area (Å²) >= 11 is 0. The van der Waals surface area contributed by atoms with Gasteiger partial charge in [0.15, 0.2) is 0 Å². The van der Waals surface area contributed by atoms with Crippen molar-refractivity contribution in [3.63, 3.8) is 0 Å². The van der Waals surface area contributed by atoms with E-state index in [1.807, 2.05) is 0 Å². The second kappa shape index (κ2) is 5.26. The highest BCUT2D eigenvalue weighted by Crippen LogP contribution is 2.06. The lowest BCUT2D eigenvalue weighted by Crippen LogP contribution is -2.40. The topological polar surface area (TPSA) is 114 Å². The van der Waals surface area contributed by atoms with E-state index in [0.29, 0.717) is 0 Å². The smallest absolute Gasteiger partial charge is 0.326 e. The molecule has 0 saturated carbocycles. The number of amides is 2. The Balaban J connectivity index is 2.90. The first-order valence-corrected chi connectivity index (χ1v) is 5.10. The number of hydrogen-bond acceptors (Lipinski definition) is 4. The zero-order valence-electron chi connectivity index (χ0n) is 9.95. The molecule has 0 saturated heterocycles. The number of carbonyl (C=O) groups is 3. The SMILES string of the molecule is CC(C(=O)O)N(C)C(=O)c1ccc(C(N)=O)cn1. The maximum absolute atomic E-state index is 11.9. The molecular formula is C11H13N3O4. The van der Waals surface area contributed by atoms with E-state index >= 15 is 0 Å². The molecule has 18 heavy (non-hydrogen) atoms. The number of carbonyl (C=O) groups excluding carboxylic acids is 2. The number of nitrogens with zero attached hydrogens (tertiary/aromatic N) is 2. The zero-order valence-corrected chi connectivity index (χ0v) is 9.95. The van der Waals surface area contributed by atoms with Crippen molar-refractivity contribution in [2.24, 2.45) is 5.73 Å². The summed E-state index contributed by atoms with van der Waals surface area (Å²) in [4.78, 5) is 38.3. The van der Waals surface area contributed by atoms with Gasteiger partial charge < -0.3 is 15.7 Å². The highest BCUT2D eigenvalue weighted by atomic mass is 16.4. The van der Waals surface area contributed by atoms with Crippen molar-refractivity contribution in [1.29, 1.82) is 0 Å². The molecule has 0 bridgehead atoms. The van der Waals surface area contributed by atoms with Crippen LogP contribution in [0.25, 0.3) is 0 Å². The van der Waals surface area contributed by atoms with Crippen molar-refractivity contribution in [3.05, 3.63) is 29.6 Å². The lowest BCUT2D eigenvalue weighted by atomic mass is 10.2. The molecule has 0 radical (unpaired) electrons. The fourth-order valence-corrected chi connectivity index (χ4v) is 1.19. The summed E-state index contributed by atoms with van der Waals surface area (Å²) in [6.45, 7) is 1.39. The number of carboxylic acid groups (broad SMARTS) is 1. The molecule has 1 heterocycles. The van der Waals surface area contributed by atoms with Crippen molar-refractivity contribution in [2.75, 3.05) is 7.05 Å². The maximum Gasteiger partial charge on any atom is 0.326 e. The highest BCUT2D eigenvalue weighted by molar-refractivity contribution is 5.96. The highest BCUT2D eigenvalue weighted by Gasteiger charge is 2.23. The van der Waals surface area contributed by atoms with Gasteiger partial charge in [-0.1, -0.05) is 0 Å². The third-order valence-corrected chi connectivity index (χ3v) is 2.53. The number of pyridine rings is 1. The standard InChI is InChI=1S/C11H13N3O4/c1-6(11(17)18)14(2)10(16)8-4-3-7(5-13-8)9(12)15/h3-6H,1-2H3,(H2,12,15)(H,17,18). The first-order chi connectivity index (χ1) is 8.34. The number of rotatable bonds is 4. The van der Waals surface area contributed by atoms with Crippen LogP contribution in [0.3, 0.4) is 0 Å². The van der Waals surface area contributed by atoms with Gasteiger partial charge in [0.2, 0.25) is 5.91 Å². The largest absolute Gasteiger partial charge is 0.480 e. The van der Waals surface area contributed by atoms with E-state index in [1.54, 1.807) is 0 Å². The monoisotopic (exact) mass is 251 g/mol. The predicted molar refractivity (Wildman–Crippen MR) is 61.9 cm³/mol. The van der Waals surface area contributed by atoms with E-state index in [-0.39, 0.29) is 11.3 Å². The first-order valence-electron chi connectivity index (χ1n) is 5.10. The van der Waals surface area contributed by atoms with Gasteiger partial charge in [0, 0.05) is 13.2 Å². The number of aromatic nitrogens is 1. The minimum absolute atomic E-state index is 0.0515. The van der Waals surface area contributed by atoms with Gasteiger partial charge in [0.25, 0.3) is 5.91 Å². The Hall–Kier alpha value is -2.44. The van der Waals surface area contributed by atoms with Crippen molar-refractivity contribution in [3.8, 4) is 0 Å². The molecule has 0 spiro atoms. The molecule has 0 aromatic carbocycles. The molecule has 1 atom stereocenters. The van der Waals surface area contributed by atoms with E-state index in [4.69, 9.17) is 10.8 Å². The van der Waals surface area contributed by atoms with Crippen molar-refractivity contribution in [2.45, 2.75) is 13.0 Å². The van der Waals surface area contributed by atoms with Crippen LogP contribution in [-0.2, 0) is 4.79 Å². The lowest BCUT2D eigenvalue weighted by molar-refractivity contribution is -0.141. The average molecular weight is 251 g/mol. The van der Waals surface area contributed by atoms with Gasteiger partial charge in [-0.25, -0.2) is 4.79 Å². The normalized spacial score (nSPS) is 11.7. The zero-order chi connectivity index (χ0) is 13.9. The molecule has 2 amide bonds. The van der Waals surface area contributed by atoms with Crippen molar-refractivity contribution < 1.29 is 19.5 Å². The van der Waals surface area contributed by atoms with Crippen LogP contribution < -0.4 is 5.73 Å². The van der Waals surface area contributed by atoms with Gasteiger partial charge in [0.1, 0.15) is 11.7 Å². The van der Waals surface area contributed by atoms with Gasteiger partial charge in [-0.2, -0.15) is 0 Å². The van der Waals surface area contributed by atoms with Crippen LogP contribution in [0.4, 0.5) is 0 Å². The van der Waals surface area contributed by atoms with Crippen LogP contribution in [0.2, 0.25) is 0 Å². The Morgan fingerprint density at radius 3 is 2.39 bits per heavy atom. The lowest BCUT2D eigenvalue weighted by Gasteiger charge is -2.20. The molecule has 1 unspecified atom stereocenters. The Morgan fingerprint density at radius 1 is 1.39 bits per heavy atom. The van der Waals surface area contributed by atoms with Crippen LogP contribution in [-0.4, -0.2) is 45.9 Å². The summed E-state index contributed by atoms with van der Waals surface area (Å²) in [5.41, 5.74) is 5.27. The molecule has 1 aromatic rings. The van der Waals surface area contributed by atoms with E-state index in [0.717, 1.165) is 4.90 Å². The Morgan fingerprint density at radius 2 is 2.00 bits per heavy atom. The third kappa shape index (κ3) is 2.82. The van der Waals surface area contributed by atoms with Crippen LogP contribution in [0.15, 0.2) is 18.3 Å². The second-order valence-corrected chi connectivity index (χ2v) is 3.73. The molecule has 96 valence electrons. The molecule has 0 aliphatic heterocycles. The predicted octanol–water partition coefficient (Wildman–Crippen LogP) is -0.274. The fraction of sp³-hybridized carbons (Fsp3) is 0.273. The summed E-state index contributed by atoms with van der Waals surface area (Å²) in [6, 6.07) is 1.73. The van der Waals surface area contributed by atoms with Crippen LogP contribution in [0, 0.1) is 0 Å². The number of carboxylic acids is 1. The van der Waals surface area contributed by atoms with Gasteiger partial charge in [0.05, 0.1) is 5.56 Å². The number of nitrogens with two attached hydrogens (primary N) is 1. The summed E-state index contributed by atoms with van der Waals surface area (Å²) < 4.78 is 0. The first kappa shape index (κ1) is 13.6. The van der Waals surface area contributed by atoms with E-state index < -0.39 is 23.8 Å². The molecule has 0 aliphatic rings. The van der Waals surface area contributed by atoms with E-state index in [1.165, 1.54) is 32.3 Å². The summed E-state index contributed by atoms with van der Waals surface area (Å²) in [7, 11) is 1.37. The number of primary amides is 1. The quantitative estimate of drug-likeness (QED) is 0.764. The number of hydrogen-bond donors (Lipinski definition) is 2. The van der Waals surface area contributed by atoms with Crippen LogP contribution in [0.5, 0.6) is 0 Å². The third-order valence-electron chi connectivity index (χ3n) is 2.53. The molecule has 7 heteroatoms. The fourth-order valence-electron chi connectivity index (χ4n) is 1.19. The molecular weight excluding hydrogens is 238 g/mol. The molecule has 1 aromatic heterocycles. The number of aliphatic carboxylic acids is 1. The van der Waals surface area contributed by atoms with Crippen molar-refractivity contribution >= 4 is 17.8 Å².